The summed E-state index contributed by atoms with van der Waals surface area (Å²) in [6.45, 7) is 4.78. The van der Waals surface area contributed by atoms with Crippen molar-refractivity contribution >= 4 is 34.4 Å². The molecule has 5 rings (SSSR count). The van der Waals surface area contributed by atoms with Crippen LogP contribution in [0, 0.1) is 0 Å². The van der Waals surface area contributed by atoms with Crippen LogP contribution in [0.1, 0.15) is 29.2 Å². The molecule has 1 saturated heterocycles. The number of nitrogens with two attached hydrogens (primary N) is 1. The number of aromatic nitrogens is 2. The summed E-state index contributed by atoms with van der Waals surface area (Å²) < 4.78 is 7.58. The number of rotatable bonds is 6. The minimum absolute atomic E-state index is 0.0291. The molecule has 0 spiro atoms. The average molecular weight is 456 g/mol. The van der Waals surface area contributed by atoms with Crippen LogP contribution in [0.2, 0.25) is 0 Å². The lowest BCUT2D eigenvalue weighted by atomic mass is 10.1. The van der Waals surface area contributed by atoms with Crippen LogP contribution in [0.15, 0.2) is 77.9 Å². The second kappa shape index (κ2) is 8.90. The second-order valence-corrected chi connectivity index (χ2v) is 8.37. The summed E-state index contributed by atoms with van der Waals surface area (Å²) in [6.07, 6.45) is 4.73. The predicted octanol–water partition coefficient (Wildman–Crippen LogP) is 4.49. The highest BCUT2D eigenvalue weighted by Crippen LogP contribution is 2.30. The van der Waals surface area contributed by atoms with Crippen molar-refractivity contribution in [3.05, 3.63) is 79.0 Å². The Labute approximate surface area is 196 Å². The lowest BCUT2D eigenvalue weighted by molar-refractivity contribution is -0.127. The summed E-state index contributed by atoms with van der Waals surface area (Å²) in [6, 6.07) is 17.3. The molecule has 3 heterocycles. The van der Waals surface area contributed by atoms with Gasteiger partial charge in [0.2, 0.25) is 5.91 Å². The zero-order chi connectivity index (χ0) is 23.7. The maximum atomic E-state index is 12.2. The summed E-state index contributed by atoms with van der Waals surface area (Å²) in [4.78, 5) is 26.0. The lowest BCUT2D eigenvalue weighted by Crippen LogP contribution is -2.40. The summed E-state index contributed by atoms with van der Waals surface area (Å²) in [5.41, 5.74) is 8.97. The second-order valence-electron chi connectivity index (χ2n) is 8.37. The van der Waals surface area contributed by atoms with Gasteiger partial charge in [0.25, 0.3) is 5.91 Å². The van der Waals surface area contributed by atoms with Crippen LogP contribution in [0.25, 0.3) is 22.2 Å². The fourth-order valence-electron chi connectivity index (χ4n) is 4.37. The number of anilines is 2. The van der Waals surface area contributed by atoms with Crippen molar-refractivity contribution in [3.8, 4) is 11.3 Å². The van der Waals surface area contributed by atoms with E-state index in [9.17, 15) is 9.59 Å². The van der Waals surface area contributed by atoms with Gasteiger partial charge in [-0.25, -0.2) is 0 Å². The molecule has 0 bridgehead atoms. The van der Waals surface area contributed by atoms with Gasteiger partial charge in [0.05, 0.1) is 11.6 Å². The molecule has 8 nitrogen and oxygen atoms in total. The molecule has 2 amide bonds. The number of fused-ring (bicyclic) bond motifs is 1. The summed E-state index contributed by atoms with van der Waals surface area (Å²) in [7, 11) is 0. The summed E-state index contributed by atoms with van der Waals surface area (Å²) >= 11 is 0. The van der Waals surface area contributed by atoms with Gasteiger partial charge < -0.3 is 20.4 Å². The minimum Gasteiger partial charge on any atom is -0.440 e. The van der Waals surface area contributed by atoms with E-state index in [1.54, 1.807) is 15.8 Å². The van der Waals surface area contributed by atoms with Gasteiger partial charge in [0.1, 0.15) is 11.3 Å². The van der Waals surface area contributed by atoms with E-state index >= 15 is 0 Å². The van der Waals surface area contributed by atoms with Crippen molar-refractivity contribution in [2.24, 2.45) is 5.73 Å². The molecule has 4 aromatic rings. The number of para-hydroxylation sites is 1. The molecule has 2 aromatic heterocycles. The number of hydrogen-bond acceptors (Lipinski definition) is 5. The maximum Gasteiger partial charge on any atom is 0.252 e. The fourth-order valence-corrected chi connectivity index (χ4v) is 4.37. The SMILES string of the molecule is C=CC(=O)N1CCC[C@@H](n2cc(C(N)=O)c(-c3ccc(Nc4cc5ccccc5o4)cc3)n2)C1. The van der Waals surface area contributed by atoms with E-state index in [0.717, 1.165) is 35.1 Å². The van der Waals surface area contributed by atoms with Crippen molar-refractivity contribution in [1.82, 2.24) is 14.7 Å². The molecule has 3 N–H and O–H groups in total. The largest absolute Gasteiger partial charge is 0.440 e. The fraction of sp³-hybridized carbons (Fsp3) is 0.192. The first-order chi connectivity index (χ1) is 16.5. The molecule has 8 heteroatoms. The third-order valence-electron chi connectivity index (χ3n) is 6.11. The van der Waals surface area contributed by atoms with E-state index in [2.05, 4.69) is 11.9 Å². The average Bonchev–Trinajstić information content (AvgIpc) is 3.48. The lowest BCUT2D eigenvalue weighted by Gasteiger charge is -2.32. The Morgan fingerprint density at radius 3 is 2.71 bits per heavy atom. The molecule has 0 aliphatic carbocycles. The van der Waals surface area contributed by atoms with E-state index in [1.165, 1.54) is 6.08 Å². The molecule has 0 radical (unpaired) electrons. The summed E-state index contributed by atoms with van der Waals surface area (Å²) in [5, 5.41) is 8.98. The van der Waals surface area contributed by atoms with E-state index in [1.807, 2.05) is 54.6 Å². The van der Waals surface area contributed by atoms with Gasteiger partial charge in [0.15, 0.2) is 5.88 Å². The van der Waals surface area contributed by atoms with Gasteiger partial charge in [-0.15, -0.1) is 0 Å². The molecule has 1 aliphatic heterocycles. The minimum atomic E-state index is -0.541. The van der Waals surface area contributed by atoms with Crippen LogP contribution < -0.4 is 11.1 Å². The standard InChI is InChI=1S/C26H25N5O3/c1-2-24(32)30-13-5-7-20(15-30)31-16-21(26(27)33)25(29-31)17-9-11-19(12-10-17)28-23-14-18-6-3-4-8-22(18)34-23/h2-4,6,8-12,14,16,20,28H,1,5,7,13,15H2,(H2,27,33)/t20-/m1/s1. The first-order valence-electron chi connectivity index (χ1n) is 11.2. The van der Waals surface area contributed by atoms with E-state index in [-0.39, 0.29) is 11.9 Å². The quantitative estimate of drug-likeness (QED) is 0.417. The molecule has 2 aromatic carbocycles. The first-order valence-corrected chi connectivity index (χ1v) is 11.2. The Balaban J connectivity index is 1.38. The predicted molar refractivity (Wildman–Crippen MR) is 131 cm³/mol. The monoisotopic (exact) mass is 455 g/mol. The van der Waals surface area contributed by atoms with Crippen molar-refractivity contribution < 1.29 is 14.0 Å². The number of benzene rings is 2. The molecule has 1 aliphatic rings. The Bertz CT molecular complexity index is 1340. The van der Waals surface area contributed by atoms with Crippen molar-refractivity contribution in [3.63, 3.8) is 0 Å². The number of furan rings is 1. The number of nitrogens with zero attached hydrogens (tertiary/aromatic N) is 3. The highest BCUT2D eigenvalue weighted by atomic mass is 16.3. The van der Waals surface area contributed by atoms with E-state index in [4.69, 9.17) is 15.2 Å². The number of carbonyl (C=O) groups excluding carboxylic acids is 2. The molecule has 1 fully saturated rings. The van der Waals surface area contributed by atoms with Gasteiger partial charge in [-0.05, 0) is 37.1 Å². The number of primary amides is 1. The molecule has 0 unspecified atom stereocenters. The Hall–Kier alpha value is -4.33. The molecule has 1 atom stereocenters. The number of nitrogens with one attached hydrogen (secondary N) is 1. The summed E-state index contributed by atoms with van der Waals surface area (Å²) in [5.74, 6) is 0.00674. The number of amides is 2. The number of piperidine rings is 1. The molecule has 172 valence electrons. The Morgan fingerprint density at radius 2 is 1.97 bits per heavy atom. The van der Waals surface area contributed by atoms with Gasteiger partial charge >= 0.3 is 0 Å². The zero-order valence-electron chi connectivity index (χ0n) is 18.6. The van der Waals surface area contributed by atoms with E-state index < -0.39 is 5.91 Å². The third-order valence-corrected chi connectivity index (χ3v) is 6.11. The highest BCUT2D eigenvalue weighted by molar-refractivity contribution is 5.98. The number of likely N-dealkylation sites (tertiary alicyclic amines) is 1. The van der Waals surface area contributed by atoms with Crippen LogP contribution in [-0.2, 0) is 4.79 Å². The van der Waals surface area contributed by atoms with Crippen LogP contribution in [0.3, 0.4) is 0 Å². The zero-order valence-corrected chi connectivity index (χ0v) is 18.6. The maximum absolute atomic E-state index is 12.2. The van der Waals surface area contributed by atoms with Crippen molar-refractivity contribution in [1.29, 1.82) is 0 Å². The van der Waals surface area contributed by atoms with Crippen LogP contribution in [-0.4, -0.2) is 39.6 Å². The topological polar surface area (TPSA) is 106 Å². The van der Waals surface area contributed by atoms with Crippen LogP contribution >= 0.6 is 0 Å². The normalized spacial score (nSPS) is 15.9. The molecular weight excluding hydrogens is 430 g/mol. The van der Waals surface area contributed by atoms with Gasteiger partial charge in [-0.2, -0.15) is 5.10 Å². The first kappa shape index (κ1) is 21.5. The van der Waals surface area contributed by atoms with Crippen molar-refractivity contribution in [2.75, 3.05) is 18.4 Å². The van der Waals surface area contributed by atoms with Gasteiger partial charge in [-0.3, -0.25) is 14.3 Å². The Morgan fingerprint density at radius 1 is 1.18 bits per heavy atom. The molecule has 0 saturated carbocycles. The van der Waals surface area contributed by atoms with Gasteiger partial charge in [-0.1, -0.05) is 36.9 Å². The van der Waals surface area contributed by atoms with Crippen LogP contribution in [0.4, 0.5) is 11.6 Å². The third kappa shape index (κ3) is 4.17. The molecule has 34 heavy (non-hydrogen) atoms. The Kier molecular flexibility index (Phi) is 5.63. The number of carbonyl (C=O) groups is 2. The van der Waals surface area contributed by atoms with E-state index in [0.29, 0.717) is 30.2 Å². The smallest absolute Gasteiger partial charge is 0.252 e. The van der Waals surface area contributed by atoms with Crippen molar-refractivity contribution in [2.45, 2.75) is 18.9 Å². The molecular formula is C26H25N5O3. The van der Waals surface area contributed by atoms with Crippen LogP contribution in [0.5, 0.6) is 0 Å². The number of hydrogen-bond donors (Lipinski definition) is 2. The highest BCUT2D eigenvalue weighted by Gasteiger charge is 2.26. The van der Waals surface area contributed by atoms with Gasteiger partial charge in [0, 0.05) is 42.0 Å².